The minimum atomic E-state index is -0.0926. The van der Waals surface area contributed by atoms with E-state index in [0.29, 0.717) is 6.42 Å². The fourth-order valence-corrected chi connectivity index (χ4v) is 1.16. The van der Waals surface area contributed by atoms with Crippen molar-refractivity contribution in [2.45, 2.75) is 13.3 Å². The minimum Gasteiger partial charge on any atom is -0.396 e. The molecule has 0 aromatic heterocycles. The van der Waals surface area contributed by atoms with E-state index >= 15 is 0 Å². The largest absolute Gasteiger partial charge is 0.396 e. The van der Waals surface area contributed by atoms with Crippen molar-refractivity contribution in [3.8, 4) is 0 Å². The van der Waals surface area contributed by atoms with E-state index in [4.69, 9.17) is 5.11 Å². The van der Waals surface area contributed by atoms with Gasteiger partial charge in [-0.25, -0.2) is 0 Å². The Morgan fingerprint density at radius 1 is 1.64 bits per heavy atom. The molecule has 2 nitrogen and oxygen atoms in total. The first-order valence-corrected chi connectivity index (χ1v) is 3.76. The fourth-order valence-electron chi connectivity index (χ4n) is 1.16. The van der Waals surface area contributed by atoms with Gasteiger partial charge in [-0.15, -0.1) is 0 Å². The zero-order chi connectivity index (χ0) is 8.27. The molecule has 1 N–H and O–H groups in total. The van der Waals surface area contributed by atoms with Gasteiger partial charge < -0.3 is 5.11 Å². The lowest BCUT2D eigenvalue weighted by molar-refractivity contribution is -0.118. The number of hydrogen-bond donors (Lipinski definition) is 1. The molecule has 1 unspecified atom stereocenters. The van der Waals surface area contributed by atoms with Crippen molar-refractivity contribution in [2.24, 2.45) is 5.92 Å². The topological polar surface area (TPSA) is 37.3 Å². The van der Waals surface area contributed by atoms with Crippen LogP contribution in [-0.4, -0.2) is 17.5 Å². The molecule has 60 valence electrons. The summed E-state index contributed by atoms with van der Waals surface area (Å²) < 4.78 is 0. The first-order valence-electron chi connectivity index (χ1n) is 3.76. The fraction of sp³-hybridized carbons (Fsp3) is 0.444. The summed E-state index contributed by atoms with van der Waals surface area (Å²) in [5, 5.41) is 8.62. The second-order valence-electron chi connectivity index (χ2n) is 2.72. The molecule has 0 heterocycles. The van der Waals surface area contributed by atoms with E-state index in [-0.39, 0.29) is 18.3 Å². The third kappa shape index (κ3) is 1.77. The maximum atomic E-state index is 11.3. The van der Waals surface area contributed by atoms with Crippen LogP contribution in [0.3, 0.4) is 0 Å². The van der Waals surface area contributed by atoms with Gasteiger partial charge in [0.05, 0.1) is 0 Å². The van der Waals surface area contributed by atoms with Gasteiger partial charge >= 0.3 is 0 Å². The Labute approximate surface area is 66.2 Å². The van der Waals surface area contributed by atoms with Crippen LogP contribution in [0.1, 0.15) is 13.3 Å². The lowest BCUT2D eigenvalue weighted by Crippen LogP contribution is -2.16. The van der Waals surface area contributed by atoms with Gasteiger partial charge in [0.15, 0.2) is 5.78 Å². The standard InChI is InChI=1S/C9H12O2/c1-7-3-2-4-8(5-6-10)9(7)11/h2-4,8,10H,5-6H2,1H3. The lowest BCUT2D eigenvalue weighted by Gasteiger charge is -2.12. The van der Waals surface area contributed by atoms with Crippen molar-refractivity contribution >= 4 is 5.78 Å². The molecule has 1 rings (SSSR count). The monoisotopic (exact) mass is 152 g/mol. The zero-order valence-electron chi connectivity index (χ0n) is 6.58. The van der Waals surface area contributed by atoms with Gasteiger partial charge in [-0.2, -0.15) is 0 Å². The number of hydrogen-bond acceptors (Lipinski definition) is 2. The summed E-state index contributed by atoms with van der Waals surface area (Å²) >= 11 is 0. The number of Topliss-reactive ketones (excluding diaryl/α,β-unsaturated/α-hetero) is 1. The van der Waals surface area contributed by atoms with Crippen LogP contribution in [0.5, 0.6) is 0 Å². The summed E-state index contributed by atoms with van der Waals surface area (Å²) in [6.07, 6.45) is 6.05. The second kappa shape index (κ2) is 3.49. The Kier molecular flexibility index (Phi) is 2.60. The number of ketones is 1. The molecule has 0 saturated heterocycles. The van der Waals surface area contributed by atoms with Crippen LogP contribution in [0.25, 0.3) is 0 Å². The quantitative estimate of drug-likeness (QED) is 0.642. The lowest BCUT2D eigenvalue weighted by atomic mass is 9.91. The van der Waals surface area contributed by atoms with Crippen LogP contribution >= 0.6 is 0 Å². The number of allylic oxidation sites excluding steroid dienone is 4. The first-order chi connectivity index (χ1) is 5.25. The minimum absolute atomic E-state index is 0.0774. The predicted molar refractivity (Wildman–Crippen MR) is 43.1 cm³/mol. The molecule has 11 heavy (non-hydrogen) atoms. The van der Waals surface area contributed by atoms with E-state index in [2.05, 4.69) is 0 Å². The van der Waals surface area contributed by atoms with Crippen LogP contribution in [0, 0.1) is 5.92 Å². The van der Waals surface area contributed by atoms with E-state index in [9.17, 15) is 4.79 Å². The van der Waals surface area contributed by atoms with Crippen LogP contribution in [0.15, 0.2) is 23.8 Å². The maximum Gasteiger partial charge on any atom is 0.165 e. The molecule has 0 spiro atoms. The number of aliphatic hydroxyl groups excluding tert-OH is 1. The van der Waals surface area contributed by atoms with Gasteiger partial charge in [-0.1, -0.05) is 18.2 Å². The summed E-state index contributed by atoms with van der Waals surface area (Å²) in [6.45, 7) is 1.88. The molecular formula is C9H12O2. The van der Waals surface area contributed by atoms with Gasteiger partial charge in [0.25, 0.3) is 0 Å². The Morgan fingerprint density at radius 2 is 2.36 bits per heavy atom. The van der Waals surface area contributed by atoms with Crippen molar-refractivity contribution in [3.63, 3.8) is 0 Å². The number of carbonyl (C=O) groups excluding carboxylic acids is 1. The summed E-state index contributed by atoms with van der Waals surface area (Å²) in [5.41, 5.74) is 0.783. The molecule has 0 saturated carbocycles. The van der Waals surface area contributed by atoms with E-state index in [1.54, 1.807) is 13.0 Å². The average molecular weight is 152 g/mol. The Hall–Kier alpha value is -0.890. The number of aliphatic hydroxyl groups is 1. The Balaban J connectivity index is 2.65. The van der Waals surface area contributed by atoms with E-state index in [1.807, 2.05) is 12.2 Å². The summed E-state index contributed by atoms with van der Waals surface area (Å²) in [4.78, 5) is 11.3. The molecule has 1 aliphatic carbocycles. The Bertz CT molecular complexity index is 214. The molecule has 1 aliphatic rings. The molecule has 0 aromatic carbocycles. The van der Waals surface area contributed by atoms with E-state index in [0.717, 1.165) is 5.57 Å². The molecular weight excluding hydrogens is 140 g/mol. The molecule has 0 bridgehead atoms. The highest BCUT2D eigenvalue weighted by atomic mass is 16.3. The molecule has 0 aliphatic heterocycles. The van der Waals surface area contributed by atoms with Gasteiger partial charge in [0.1, 0.15) is 0 Å². The predicted octanol–water partition coefficient (Wildman–Crippen LogP) is 1.07. The number of carbonyl (C=O) groups is 1. The van der Waals surface area contributed by atoms with Crippen LogP contribution in [0.2, 0.25) is 0 Å². The van der Waals surface area contributed by atoms with Crippen molar-refractivity contribution in [3.05, 3.63) is 23.8 Å². The number of rotatable bonds is 2. The highest BCUT2D eigenvalue weighted by Gasteiger charge is 2.17. The normalized spacial score (nSPS) is 23.6. The smallest absolute Gasteiger partial charge is 0.165 e. The average Bonchev–Trinajstić information content (AvgIpc) is 1.99. The van der Waals surface area contributed by atoms with Crippen LogP contribution < -0.4 is 0 Å². The van der Waals surface area contributed by atoms with E-state index in [1.165, 1.54) is 0 Å². The molecule has 0 radical (unpaired) electrons. The maximum absolute atomic E-state index is 11.3. The molecule has 0 aromatic rings. The van der Waals surface area contributed by atoms with Crippen molar-refractivity contribution in [1.29, 1.82) is 0 Å². The third-order valence-corrected chi connectivity index (χ3v) is 1.86. The Morgan fingerprint density at radius 3 is 3.00 bits per heavy atom. The van der Waals surface area contributed by atoms with Crippen LogP contribution in [0.4, 0.5) is 0 Å². The summed E-state index contributed by atoms with van der Waals surface area (Å²) in [7, 11) is 0. The SMILES string of the molecule is CC1=CC=CC(CCO)C1=O. The molecule has 0 fully saturated rings. The van der Waals surface area contributed by atoms with Gasteiger partial charge in [-0.3, -0.25) is 4.79 Å². The van der Waals surface area contributed by atoms with Crippen molar-refractivity contribution < 1.29 is 9.90 Å². The van der Waals surface area contributed by atoms with Gasteiger partial charge in [0, 0.05) is 12.5 Å². The third-order valence-electron chi connectivity index (χ3n) is 1.86. The first kappa shape index (κ1) is 8.21. The summed E-state index contributed by atoms with van der Waals surface area (Å²) in [5.74, 6) is 0.0477. The van der Waals surface area contributed by atoms with Crippen molar-refractivity contribution in [1.82, 2.24) is 0 Å². The van der Waals surface area contributed by atoms with Crippen molar-refractivity contribution in [2.75, 3.05) is 6.61 Å². The van der Waals surface area contributed by atoms with Crippen LogP contribution in [-0.2, 0) is 4.79 Å². The highest BCUT2D eigenvalue weighted by molar-refractivity contribution is 5.99. The highest BCUT2D eigenvalue weighted by Crippen LogP contribution is 2.16. The van der Waals surface area contributed by atoms with E-state index < -0.39 is 0 Å². The molecule has 1 atom stereocenters. The van der Waals surface area contributed by atoms with Gasteiger partial charge in [-0.05, 0) is 18.9 Å². The van der Waals surface area contributed by atoms with Gasteiger partial charge in [0.2, 0.25) is 0 Å². The zero-order valence-corrected chi connectivity index (χ0v) is 6.58. The molecule has 0 amide bonds. The summed E-state index contributed by atoms with van der Waals surface area (Å²) in [6, 6.07) is 0. The molecule has 2 heteroatoms. The second-order valence-corrected chi connectivity index (χ2v) is 2.72.